The fourth-order valence-corrected chi connectivity index (χ4v) is 3.08. The van der Waals surface area contributed by atoms with Crippen molar-refractivity contribution >= 4 is 11.9 Å². The first-order chi connectivity index (χ1) is 12.1. The average molecular weight is 360 g/mol. The van der Waals surface area contributed by atoms with Gasteiger partial charge in [-0.1, -0.05) is 0 Å². The average Bonchev–Trinajstić information content (AvgIpc) is 2.90. The highest BCUT2D eigenvalue weighted by atomic mass is 16.6. The van der Waals surface area contributed by atoms with Crippen molar-refractivity contribution in [1.82, 2.24) is 14.7 Å². The second kappa shape index (κ2) is 7.90. The highest BCUT2D eigenvalue weighted by Crippen LogP contribution is 2.23. The standard InChI is InChI=1S/C19H28N4O3/c1-13(2)23-17-14(15(12-20)21-23)8-6-10-22(11-7-9-16(17)24)18(25)26-19(3,4)5/h13H,6-11H2,1-5H3. The summed E-state index contributed by atoms with van der Waals surface area (Å²) in [4.78, 5) is 26.8. The third-order valence-corrected chi connectivity index (χ3v) is 4.21. The Morgan fingerprint density at radius 2 is 1.85 bits per heavy atom. The zero-order valence-corrected chi connectivity index (χ0v) is 16.3. The number of Topliss-reactive ketones (excluding diaryl/α,β-unsaturated/α-hetero) is 1. The van der Waals surface area contributed by atoms with Crippen LogP contribution in [0.3, 0.4) is 0 Å². The number of carbonyl (C=O) groups excluding carboxylic acids is 2. The maximum Gasteiger partial charge on any atom is 0.410 e. The number of rotatable bonds is 1. The van der Waals surface area contributed by atoms with E-state index in [4.69, 9.17) is 4.74 Å². The van der Waals surface area contributed by atoms with Crippen LogP contribution in [0.1, 0.15) is 81.7 Å². The highest BCUT2D eigenvalue weighted by Gasteiger charge is 2.27. The van der Waals surface area contributed by atoms with Crippen LogP contribution < -0.4 is 0 Å². The molecule has 26 heavy (non-hydrogen) atoms. The molecule has 0 aliphatic carbocycles. The highest BCUT2D eigenvalue weighted by molar-refractivity contribution is 5.96. The summed E-state index contributed by atoms with van der Waals surface area (Å²) in [5.74, 6) is -0.0197. The van der Waals surface area contributed by atoms with Crippen molar-refractivity contribution in [2.75, 3.05) is 13.1 Å². The van der Waals surface area contributed by atoms with Gasteiger partial charge in [-0.3, -0.25) is 9.48 Å². The molecule has 0 aromatic carbocycles. The van der Waals surface area contributed by atoms with Gasteiger partial charge >= 0.3 is 6.09 Å². The van der Waals surface area contributed by atoms with Crippen molar-refractivity contribution < 1.29 is 14.3 Å². The van der Waals surface area contributed by atoms with Crippen LogP contribution in [0.2, 0.25) is 0 Å². The van der Waals surface area contributed by atoms with Crippen LogP contribution in [0.25, 0.3) is 0 Å². The Morgan fingerprint density at radius 1 is 1.23 bits per heavy atom. The first kappa shape index (κ1) is 20.0. The Morgan fingerprint density at radius 3 is 2.38 bits per heavy atom. The van der Waals surface area contributed by atoms with Gasteiger partial charge in [0.1, 0.15) is 17.4 Å². The van der Waals surface area contributed by atoms with Crippen molar-refractivity contribution in [2.24, 2.45) is 0 Å². The van der Waals surface area contributed by atoms with Gasteiger partial charge in [-0.25, -0.2) is 4.79 Å². The smallest absolute Gasteiger partial charge is 0.410 e. The minimum absolute atomic E-state index is 0.0102. The van der Waals surface area contributed by atoms with E-state index in [2.05, 4.69) is 11.2 Å². The number of nitrogens with zero attached hydrogens (tertiary/aromatic N) is 4. The molecule has 1 aromatic heterocycles. The van der Waals surface area contributed by atoms with Gasteiger partial charge in [0.15, 0.2) is 11.5 Å². The second-order valence-electron chi connectivity index (χ2n) is 7.92. The predicted molar refractivity (Wildman–Crippen MR) is 97.0 cm³/mol. The van der Waals surface area contributed by atoms with Gasteiger partial charge in [-0.05, 0) is 53.9 Å². The molecule has 0 radical (unpaired) electrons. The predicted octanol–water partition coefficient (Wildman–Crippen LogP) is 3.48. The topological polar surface area (TPSA) is 88.2 Å². The number of hydrogen-bond acceptors (Lipinski definition) is 5. The maximum absolute atomic E-state index is 12.8. The molecule has 1 amide bonds. The maximum atomic E-state index is 12.8. The van der Waals surface area contributed by atoms with Crippen molar-refractivity contribution in [3.63, 3.8) is 0 Å². The lowest BCUT2D eigenvalue weighted by molar-refractivity contribution is 0.0243. The molecule has 0 N–H and O–H groups in total. The lowest BCUT2D eigenvalue weighted by Gasteiger charge is -2.28. The van der Waals surface area contributed by atoms with E-state index in [0.717, 1.165) is 0 Å². The molecule has 0 unspecified atom stereocenters. The van der Waals surface area contributed by atoms with Crippen LogP contribution in [-0.2, 0) is 11.2 Å². The minimum Gasteiger partial charge on any atom is -0.444 e. The molecule has 1 aromatic rings. The molecule has 1 aliphatic heterocycles. The Balaban J connectivity index is 2.26. The van der Waals surface area contributed by atoms with Crippen LogP contribution >= 0.6 is 0 Å². The summed E-state index contributed by atoms with van der Waals surface area (Å²) in [6, 6.07) is 2.12. The van der Waals surface area contributed by atoms with Crippen molar-refractivity contribution in [1.29, 1.82) is 5.26 Å². The Labute approximate surface area is 154 Å². The van der Waals surface area contributed by atoms with E-state index in [1.807, 2.05) is 34.6 Å². The quantitative estimate of drug-likeness (QED) is 0.765. The Hall–Kier alpha value is -2.36. The number of aromatic nitrogens is 2. The summed E-state index contributed by atoms with van der Waals surface area (Å²) in [6.45, 7) is 10.4. The minimum atomic E-state index is -0.554. The molecule has 0 fully saturated rings. The van der Waals surface area contributed by atoms with E-state index >= 15 is 0 Å². The number of carbonyl (C=O) groups is 2. The number of nitriles is 1. The van der Waals surface area contributed by atoms with E-state index in [-0.39, 0.29) is 17.9 Å². The Bertz CT molecular complexity index is 722. The number of amides is 1. The van der Waals surface area contributed by atoms with E-state index in [1.165, 1.54) is 0 Å². The zero-order chi connectivity index (χ0) is 19.5. The molecule has 7 nitrogen and oxygen atoms in total. The summed E-state index contributed by atoms with van der Waals surface area (Å²) < 4.78 is 7.13. The SMILES string of the molecule is CC(C)n1nc(C#N)c2c1C(=O)CCCN(C(=O)OC(C)(C)C)CCC2. The lowest BCUT2D eigenvalue weighted by atomic mass is 10.0. The Kier molecular flexibility index (Phi) is 6.06. The van der Waals surface area contributed by atoms with E-state index in [1.54, 1.807) is 9.58 Å². The van der Waals surface area contributed by atoms with Gasteiger partial charge in [0.05, 0.1) is 0 Å². The van der Waals surface area contributed by atoms with E-state index in [9.17, 15) is 14.9 Å². The molecule has 7 heteroatoms. The normalized spacial score (nSPS) is 16.2. The molecule has 2 heterocycles. The number of hydrogen-bond donors (Lipinski definition) is 0. The lowest BCUT2D eigenvalue weighted by Crippen LogP contribution is -2.38. The van der Waals surface area contributed by atoms with Gasteiger partial charge < -0.3 is 9.64 Å². The largest absolute Gasteiger partial charge is 0.444 e. The van der Waals surface area contributed by atoms with E-state index in [0.29, 0.717) is 55.7 Å². The van der Waals surface area contributed by atoms with Crippen LogP contribution in [0.4, 0.5) is 4.79 Å². The monoisotopic (exact) mass is 360 g/mol. The van der Waals surface area contributed by atoms with Crippen molar-refractivity contribution in [2.45, 2.75) is 71.9 Å². The molecule has 0 saturated heterocycles. The van der Waals surface area contributed by atoms with Gasteiger partial charge in [-0.15, -0.1) is 0 Å². The van der Waals surface area contributed by atoms with Gasteiger partial charge in [0.2, 0.25) is 0 Å². The molecular weight excluding hydrogens is 332 g/mol. The fourth-order valence-electron chi connectivity index (χ4n) is 3.08. The van der Waals surface area contributed by atoms with Crippen molar-refractivity contribution in [3.8, 4) is 6.07 Å². The van der Waals surface area contributed by atoms with Crippen LogP contribution in [-0.4, -0.2) is 45.2 Å². The van der Waals surface area contributed by atoms with Crippen LogP contribution in [0.15, 0.2) is 0 Å². The van der Waals surface area contributed by atoms with Gasteiger partial charge in [-0.2, -0.15) is 10.4 Å². The summed E-state index contributed by atoms with van der Waals surface area (Å²) >= 11 is 0. The first-order valence-corrected chi connectivity index (χ1v) is 9.16. The molecule has 0 atom stereocenters. The van der Waals surface area contributed by atoms with Gasteiger partial charge in [0, 0.05) is 31.1 Å². The van der Waals surface area contributed by atoms with Crippen LogP contribution in [0, 0.1) is 11.3 Å². The fraction of sp³-hybridized carbons (Fsp3) is 0.684. The third kappa shape index (κ3) is 4.63. The summed E-state index contributed by atoms with van der Waals surface area (Å²) in [6.07, 6.45) is 1.70. The molecule has 0 bridgehead atoms. The third-order valence-electron chi connectivity index (χ3n) is 4.21. The summed E-state index contributed by atoms with van der Waals surface area (Å²) in [7, 11) is 0. The molecule has 2 rings (SSSR count). The van der Waals surface area contributed by atoms with E-state index < -0.39 is 5.60 Å². The molecule has 1 aliphatic rings. The summed E-state index contributed by atoms with van der Waals surface area (Å²) in [5.41, 5.74) is 1.02. The second-order valence-corrected chi connectivity index (χ2v) is 7.92. The number of ketones is 1. The summed E-state index contributed by atoms with van der Waals surface area (Å²) in [5, 5.41) is 13.7. The molecule has 142 valence electrons. The molecular formula is C19H28N4O3. The zero-order valence-electron chi connectivity index (χ0n) is 16.3. The number of fused-ring (bicyclic) bond motifs is 1. The van der Waals surface area contributed by atoms with Crippen molar-refractivity contribution in [3.05, 3.63) is 17.0 Å². The first-order valence-electron chi connectivity index (χ1n) is 9.16. The molecule has 0 saturated carbocycles. The number of ether oxygens (including phenoxy) is 1. The van der Waals surface area contributed by atoms with Crippen LogP contribution in [0.5, 0.6) is 0 Å². The molecule has 0 spiro atoms. The van der Waals surface area contributed by atoms with Gasteiger partial charge in [0.25, 0.3) is 0 Å².